The van der Waals surface area contributed by atoms with Gasteiger partial charge >= 0.3 is 0 Å². The highest BCUT2D eigenvalue weighted by atomic mass is 79.9. The molecule has 1 aliphatic rings. The zero-order valence-corrected chi connectivity index (χ0v) is 13.6. The quantitative estimate of drug-likeness (QED) is 0.901. The first-order chi connectivity index (χ1) is 9.37. The molecule has 1 aromatic rings. The van der Waals surface area contributed by atoms with Crippen molar-refractivity contribution in [1.29, 1.82) is 0 Å². The number of carbonyl (C=O) groups excluding carboxylic acids is 2. The lowest BCUT2D eigenvalue weighted by atomic mass is 9.97. The summed E-state index contributed by atoms with van der Waals surface area (Å²) in [6, 6.07) is 5.88. The first kappa shape index (κ1) is 15.0. The predicted octanol–water partition coefficient (Wildman–Crippen LogP) is 2.78. The van der Waals surface area contributed by atoms with Crippen molar-refractivity contribution in [1.82, 2.24) is 5.32 Å². The van der Waals surface area contributed by atoms with Crippen LogP contribution in [0, 0.1) is 6.92 Å². The number of hydrogen-bond donors (Lipinski definition) is 1. The van der Waals surface area contributed by atoms with E-state index in [9.17, 15) is 9.59 Å². The van der Waals surface area contributed by atoms with Crippen molar-refractivity contribution in [3.8, 4) is 0 Å². The molecule has 1 aromatic carbocycles. The smallest absolute Gasteiger partial charge is 0.252 e. The summed E-state index contributed by atoms with van der Waals surface area (Å²) in [5.74, 6) is -0.133. The van der Waals surface area contributed by atoms with Crippen LogP contribution >= 0.6 is 15.9 Å². The van der Waals surface area contributed by atoms with Gasteiger partial charge in [0.15, 0.2) is 0 Å². The van der Waals surface area contributed by atoms with Gasteiger partial charge in [-0.1, -0.05) is 13.0 Å². The van der Waals surface area contributed by atoms with E-state index in [-0.39, 0.29) is 11.8 Å². The minimum Gasteiger partial charge on any atom is -0.342 e. The SMILES string of the molecule is CCC1(C)NC(=O)CCN(c2cc(C)ccc2Br)C1=O. The lowest BCUT2D eigenvalue weighted by Gasteiger charge is -2.31. The van der Waals surface area contributed by atoms with Crippen molar-refractivity contribution >= 4 is 33.4 Å². The molecule has 0 spiro atoms. The Morgan fingerprint density at radius 2 is 2.10 bits per heavy atom. The van der Waals surface area contributed by atoms with Gasteiger partial charge in [0.25, 0.3) is 5.91 Å². The molecule has 1 heterocycles. The number of rotatable bonds is 2. The number of halogens is 1. The van der Waals surface area contributed by atoms with Gasteiger partial charge in [-0.05, 0) is 53.9 Å². The maximum Gasteiger partial charge on any atom is 0.252 e. The number of aryl methyl sites for hydroxylation is 1. The molecular formula is C15H19BrN2O2. The molecule has 0 radical (unpaired) electrons. The zero-order valence-electron chi connectivity index (χ0n) is 12.0. The normalized spacial score (nSPS) is 23.5. The van der Waals surface area contributed by atoms with Crippen LogP contribution < -0.4 is 10.2 Å². The number of anilines is 1. The van der Waals surface area contributed by atoms with E-state index in [0.29, 0.717) is 19.4 Å². The Bertz CT molecular complexity index is 559. The summed E-state index contributed by atoms with van der Waals surface area (Å²) < 4.78 is 0.865. The maximum atomic E-state index is 12.8. The Morgan fingerprint density at radius 1 is 1.40 bits per heavy atom. The van der Waals surface area contributed by atoms with Gasteiger partial charge in [0.05, 0.1) is 5.69 Å². The fourth-order valence-corrected chi connectivity index (χ4v) is 2.80. The molecule has 2 amide bonds. The van der Waals surface area contributed by atoms with Crippen LogP contribution in [0.15, 0.2) is 22.7 Å². The van der Waals surface area contributed by atoms with Gasteiger partial charge < -0.3 is 10.2 Å². The van der Waals surface area contributed by atoms with Crippen LogP contribution in [0.2, 0.25) is 0 Å². The second-order valence-electron chi connectivity index (χ2n) is 5.40. The molecule has 1 N–H and O–H groups in total. The molecule has 0 bridgehead atoms. The fourth-order valence-electron chi connectivity index (χ4n) is 2.34. The molecule has 1 atom stereocenters. The van der Waals surface area contributed by atoms with Crippen LogP contribution in [0.25, 0.3) is 0 Å². The van der Waals surface area contributed by atoms with Crippen LogP contribution in [-0.4, -0.2) is 23.9 Å². The average Bonchev–Trinajstić information content (AvgIpc) is 2.52. The standard InChI is InChI=1S/C15H19BrN2O2/c1-4-15(3)14(20)18(8-7-13(19)17-15)12-9-10(2)5-6-11(12)16/h5-6,9H,4,7-8H2,1-3H3,(H,17,19). The van der Waals surface area contributed by atoms with Gasteiger partial charge in [-0.15, -0.1) is 0 Å². The van der Waals surface area contributed by atoms with Crippen molar-refractivity contribution in [2.75, 3.05) is 11.4 Å². The van der Waals surface area contributed by atoms with E-state index in [2.05, 4.69) is 21.2 Å². The molecule has 5 heteroatoms. The fraction of sp³-hybridized carbons (Fsp3) is 0.467. The Labute approximate surface area is 127 Å². The highest BCUT2D eigenvalue weighted by Gasteiger charge is 2.40. The lowest BCUT2D eigenvalue weighted by Crippen LogP contribution is -2.54. The van der Waals surface area contributed by atoms with Gasteiger partial charge in [0, 0.05) is 17.4 Å². The van der Waals surface area contributed by atoms with Gasteiger partial charge in [-0.3, -0.25) is 9.59 Å². The summed E-state index contributed by atoms with van der Waals surface area (Å²) in [6.07, 6.45) is 0.888. The Kier molecular flexibility index (Phi) is 4.18. The number of benzene rings is 1. The molecule has 4 nitrogen and oxygen atoms in total. The zero-order chi connectivity index (χ0) is 14.9. The molecule has 1 fully saturated rings. The second-order valence-corrected chi connectivity index (χ2v) is 6.25. The summed E-state index contributed by atoms with van der Waals surface area (Å²) in [7, 11) is 0. The maximum absolute atomic E-state index is 12.8. The Morgan fingerprint density at radius 3 is 2.75 bits per heavy atom. The summed E-state index contributed by atoms with van der Waals surface area (Å²) in [4.78, 5) is 26.3. The topological polar surface area (TPSA) is 49.4 Å². The third-order valence-electron chi connectivity index (χ3n) is 3.79. The molecule has 108 valence electrons. The minimum atomic E-state index is -0.837. The summed E-state index contributed by atoms with van der Waals surface area (Å²) in [5, 5.41) is 2.84. The van der Waals surface area contributed by atoms with Crippen molar-refractivity contribution in [3.05, 3.63) is 28.2 Å². The number of carbonyl (C=O) groups is 2. The first-order valence-corrected chi connectivity index (χ1v) is 7.56. The van der Waals surface area contributed by atoms with Crippen LogP contribution in [0.4, 0.5) is 5.69 Å². The van der Waals surface area contributed by atoms with Gasteiger partial charge in [0.1, 0.15) is 5.54 Å². The average molecular weight is 339 g/mol. The first-order valence-electron chi connectivity index (χ1n) is 6.76. The van der Waals surface area contributed by atoms with E-state index in [0.717, 1.165) is 15.7 Å². The highest BCUT2D eigenvalue weighted by molar-refractivity contribution is 9.10. The monoisotopic (exact) mass is 338 g/mol. The lowest BCUT2D eigenvalue weighted by molar-refractivity contribution is -0.129. The van der Waals surface area contributed by atoms with E-state index in [1.165, 1.54) is 0 Å². The second kappa shape index (κ2) is 5.56. The molecule has 0 aliphatic carbocycles. The van der Waals surface area contributed by atoms with E-state index in [1.807, 2.05) is 32.0 Å². The van der Waals surface area contributed by atoms with Crippen molar-refractivity contribution in [3.63, 3.8) is 0 Å². The Hall–Kier alpha value is -1.36. The number of amides is 2. The molecule has 0 saturated carbocycles. The van der Waals surface area contributed by atoms with E-state index < -0.39 is 5.54 Å². The third kappa shape index (κ3) is 2.73. The summed E-state index contributed by atoms with van der Waals surface area (Å²) in [5.41, 5.74) is 1.07. The van der Waals surface area contributed by atoms with Gasteiger partial charge in [-0.2, -0.15) is 0 Å². The highest BCUT2D eigenvalue weighted by Crippen LogP contribution is 2.31. The molecule has 2 rings (SSSR count). The molecule has 1 aliphatic heterocycles. The molecule has 1 saturated heterocycles. The predicted molar refractivity (Wildman–Crippen MR) is 82.7 cm³/mol. The van der Waals surface area contributed by atoms with Crippen molar-refractivity contribution < 1.29 is 9.59 Å². The van der Waals surface area contributed by atoms with E-state index in [4.69, 9.17) is 0 Å². The van der Waals surface area contributed by atoms with Crippen LogP contribution in [0.1, 0.15) is 32.3 Å². The van der Waals surface area contributed by atoms with Crippen molar-refractivity contribution in [2.45, 2.75) is 39.2 Å². The largest absolute Gasteiger partial charge is 0.342 e. The molecule has 1 unspecified atom stereocenters. The number of hydrogen-bond acceptors (Lipinski definition) is 2. The van der Waals surface area contributed by atoms with Crippen LogP contribution in [-0.2, 0) is 9.59 Å². The van der Waals surface area contributed by atoms with Gasteiger partial charge in [-0.25, -0.2) is 0 Å². The van der Waals surface area contributed by atoms with Gasteiger partial charge in [0.2, 0.25) is 5.91 Å². The number of nitrogens with zero attached hydrogens (tertiary/aromatic N) is 1. The van der Waals surface area contributed by atoms with Crippen molar-refractivity contribution in [2.24, 2.45) is 0 Å². The molecule has 0 aromatic heterocycles. The van der Waals surface area contributed by atoms with E-state index >= 15 is 0 Å². The van der Waals surface area contributed by atoms with E-state index in [1.54, 1.807) is 11.8 Å². The van der Waals surface area contributed by atoms with Crippen LogP contribution in [0.5, 0.6) is 0 Å². The molecule has 20 heavy (non-hydrogen) atoms. The number of nitrogens with one attached hydrogen (secondary N) is 1. The summed E-state index contributed by atoms with van der Waals surface area (Å²) >= 11 is 3.49. The molecular weight excluding hydrogens is 320 g/mol. The Balaban J connectivity index is 2.46. The van der Waals surface area contributed by atoms with Crippen LogP contribution in [0.3, 0.4) is 0 Å². The third-order valence-corrected chi connectivity index (χ3v) is 4.47. The summed E-state index contributed by atoms with van der Waals surface area (Å²) in [6.45, 7) is 6.09. The minimum absolute atomic E-state index is 0.0582.